The Balaban J connectivity index is 2.04. The summed E-state index contributed by atoms with van der Waals surface area (Å²) < 4.78 is 11.7. The van der Waals surface area contributed by atoms with Crippen molar-refractivity contribution in [2.75, 3.05) is 26.2 Å². The molecule has 0 unspecified atom stereocenters. The monoisotopic (exact) mass is 861 g/mol. The average molecular weight is 861 g/mol. The smallest absolute Gasteiger partial charge is 0.417 e. The maximum atomic E-state index is 14.1. The van der Waals surface area contributed by atoms with Crippen LogP contribution in [-0.4, -0.2) is 100.0 Å². The van der Waals surface area contributed by atoms with Crippen molar-refractivity contribution in [3.8, 4) is 0 Å². The van der Waals surface area contributed by atoms with Gasteiger partial charge in [0.1, 0.15) is 31.0 Å². The second kappa shape index (κ2) is 35.7. The van der Waals surface area contributed by atoms with E-state index < -0.39 is 61.8 Å². The third-order valence-electron chi connectivity index (χ3n) is 12.1. The van der Waals surface area contributed by atoms with Crippen LogP contribution >= 0.6 is 0 Å². The molecule has 12 nitrogen and oxygen atoms in total. The Morgan fingerprint density at radius 1 is 0.656 bits per heavy atom. The van der Waals surface area contributed by atoms with E-state index in [1.54, 1.807) is 24.3 Å². The number of benzene rings is 1. The molecule has 0 bridgehead atoms. The van der Waals surface area contributed by atoms with Crippen LogP contribution in [0.5, 0.6) is 0 Å². The largest absolute Gasteiger partial charge is 0.444 e. The highest BCUT2D eigenvalue weighted by Gasteiger charge is 2.53. The highest BCUT2D eigenvalue weighted by atomic mass is 16.6. The van der Waals surface area contributed by atoms with Crippen LogP contribution in [0.25, 0.3) is 0 Å². The summed E-state index contributed by atoms with van der Waals surface area (Å²) in [6, 6.07) is 6.90. The number of aliphatic hydroxyl groups excluding tert-OH is 3. The predicted octanol–water partition coefficient (Wildman–Crippen LogP) is 9.89. The Bertz CT molecular complexity index is 1240. The molecule has 0 aliphatic carbocycles. The van der Waals surface area contributed by atoms with E-state index in [0.717, 1.165) is 44.9 Å². The Morgan fingerprint density at radius 2 is 1.10 bits per heavy atom. The third-order valence-corrected chi connectivity index (χ3v) is 12.1. The lowest BCUT2D eigenvalue weighted by Gasteiger charge is -2.49. The van der Waals surface area contributed by atoms with Gasteiger partial charge in [0.05, 0.1) is 13.2 Å². The molecule has 0 radical (unpaired) electrons. The zero-order chi connectivity index (χ0) is 44.3. The summed E-state index contributed by atoms with van der Waals surface area (Å²) in [6.07, 6.45) is 26.4. The lowest BCUT2D eigenvalue weighted by molar-refractivity contribution is -0.238. The molecule has 5 atom stereocenters. The summed E-state index contributed by atoms with van der Waals surface area (Å²) in [6.45, 7) is 3.71. The van der Waals surface area contributed by atoms with Crippen LogP contribution in [0, 0.1) is 0 Å². The van der Waals surface area contributed by atoms with Crippen molar-refractivity contribution in [1.29, 1.82) is 0 Å². The van der Waals surface area contributed by atoms with Crippen LogP contribution < -0.4 is 11.1 Å². The van der Waals surface area contributed by atoms with E-state index in [1.165, 1.54) is 133 Å². The fourth-order valence-electron chi connectivity index (χ4n) is 8.33. The first-order valence-electron chi connectivity index (χ1n) is 24.7. The molecule has 2 rings (SSSR count). The Morgan fingerprint density at radius 3 is 1.54 bits per heavy atom. The minimum atomic E-state index is -1.77. The molecular weight excluding hydrogens is 773 g/mol. The maximum Gasteiger partial charge on any atom is 0.417 e. The summed E-state index contributed by atoms with van der Waals surface area (Å²) in [5.74, 6) is -0.871. The molecule has 61 heavy (non-hydrogen) atoms. The normalized spacial score (nSPS) is 18.8. The SMILES string of the molecule is CCCCCCCCCCCCCCCCCCN(C(=O)NCCCCCCCCCCCCCC)[C@@H]1O[C@H](CO)[C@H](O)[C@H](O)[C@H]1N(C(=O)CN)C(=O)OCc1ccccc1. The second-order valence-electron chi connectivity index (χ2n) is 17.3. The first-order chi connectivity index (χ1) is 29.8. The van der Waals surface area contributed by atoms with Crippen molar-refractivity contribution in [1.82, 2.24) is 15.1 Å². The first-order valence-corrected chi connectivity index (χ1v) is 24.7. The number of unbranched alkanes of at least 4 members (excludes halogenated alkanes) is 26. The molecule has 0 saturated carbocycles. The Hall–Kier alpha value is -2.77. The number of carbonyl (C=O) groups is 3. The molecule has 12 heteroatoms. The maximum absolute atomic E-state index is 14.1. The molecular formula is C49H88N4O8. The molecule has 1 fully saturated rings. The van der Waals surface area contributed by atoms with E-state index >= 15 is 0 Å². The zero-order valence-corrected chi connectivity index (χ0v) is 38.5. The number of imide groups is 1. The van der Waals surface area contributed by atoms with Gasteiger partial charge in [0.15, 0.2) is 6.23 Å². The highest BCUT2D eigenvalue weighted by Crippen LogP contribution is 2.29. The van der Waals surface area contributed by atoms with Gasteiger partial charge in [-0.05, 0) is 18.4 Å². The molecule has 4 amide bonds. The molecule has 1 aromatic carbocycles. The quantitative estimate of drug-likeness (QED) is 0.0412. The standard InChI is InChI=1S/C49H88N4O8/c1-3-5-7-9-11-13-15-17-18-19-20-22-24-26-28-33-37-52(48(58)51-36-32-27-25-23-21-16-14-12-10-8-6-4-2)47-44(46(57)45(56)42(39-54)61-47)53(43(55)38-50)49(59)60-40-41-34-30-29-31-35-41/h29-31,34-35,42,44-47,54,56-57H,3-28,32-33,36-40,50H2,1-2H3,(H,51,58)/t42-,44-,45+,46-,47-/m1/s1. The Kier molecular flexibility index (Phi) is 31.8. The molecule has 1 saturated heterocycles. The van der Waals surface area contributed by atoms with E-state index in [-0.39, 0.29) is 13.2 Å². The van der Waals surface area contributed by atoms with Crippen molar-refractivity contribution in [2.45, 2.75) is 231 Å². The predicted molar refractivity (Wildman–Crippen MR) is 245 cm³/mol. The number of amides is 4. The van der Waals surface area contributed by atoms with Crippen molar-refractivity contribution in [2.24, 2.45) is 5.73 Å². The van der Waals surface area contributed by atoms with Crippen LogP contribution in [0.1, 0.15) is 199 Å². The zero-order valence-electron chi connectivity index (χ0n) is 38.5. The summed E-state index contributed by atoms with van der Waals surface area (Å²) in [5, 5.41) is 35.8. The van der Waals surface area contributed by atoms with Crippen molar-refractivity contribution >= 4 is 18.0 Å². The number of nitrogens with one attached hydrogen (secondary N) is 1. The van der Waals surface area contributed by atoms with Gasteiger partial charge in [0, 0.05) is 13.1 Å². The fraction of sp³-hybridized carbons (Fsp3) is 0.816. The fourth-order valence-corrected chi connectivity index (χ4v) is 8.33. The van der Waals surface area contributed by atoms with Crippen molar-refractivity contribution < 1.29 is 39.2 Å². The second-order valence-corrected chi connectivity index (χ2v) is 17.3. The van der Waals surface area contributed by atoms with E-state index in [1.807, 2.05) is 6.07 Å². The summed E-state index contributed by atoms with van der Waals surface area (Å²) in [5.41, 5.74) is 6.46. The van der Waals surface area contributed by atoms with Gasteiger partial charge in [0.2, 0.25) is 5.91 Å². The molecule has 1 heterocycles. The topological polar surface area (TPSA) is 175 Å². The van der Waals surface area contributed by atoms with Crippen LogP contribution in [0.3, 0.4) is 0 Å². The highest BCUT2D eigenvalue weighted by molar-refractivity contribution is 5.93. The van der Waals surface area contributed by atoms with Gasteiger partial charge >= 0.3 is 12.1 Å². The molecule has 0 spiro atoms. The van der Waals surface area contributed by atoms with Gasteiger partial charge in [-0.2, -0.15) is 0 Å². The lowest BCUT2D eigenvalue weighted by Crippen LogP contribution is -2.71. The van der Waals surface area contributed by atoms with Gasteiger partial charge in [-0.3, -0.25) is 9.69 Å². The number of rotatable bonds is 36. The number of hydrogen-bond donors (Lipinski definition) is 5. The average Bonchev–Trinajstić information content (AvgIpc) is 3.27. The van der Waals surface area contributed by atoms with E-state index in [4.69, 9.17) is 15.2 Å². The number of aliphatic hydroxyl groups is 3. The summed E-state index contributed by atoms with van der Waals surface area (Å²) >= 11 is 0. The van der Waals surface area contributed by atoms with E-state index in [2.05, 4.69) is 19.2 Å². The summed E-state index contributed by atoms with van der Waals surface area (Å²) in [4.78, 5) is 43.3. The van der Waals surface area contributed by atoms with E-state index in [9.17, 15) is 29.7 Å². The number of nitrogens with two attached hydrogens (primary N) is 1. The minimum absolute atomic E-state index is 0.160. The van der Waals surface area contributed by atoms with E-state index in [0.29, 0.717) is 23.4 Å². The van der Waals surface area contributed by atoms with Crippen molar-refractivity contribution in [3.05, 3.63) is 35.9 Å². The molecule has 1 aromatic rings. The molecule has 1 aliphatic rings. The van der Waals surface area contributed by atoms with Crippen LogP contribution in [-0.2, 0) is 20.9 Å². The van der Waals surface area contributed by atoms with Crippen LogP contribution in [0.2, 0.25) is 0 Å². The van der Waals surface area contributed by atoms with Gasteiger partial charge in [-0.25, -0.2) is 14.5 Å². The van der Waals surface area contributed by atoms with Gasteiger partial charge in [0.25, 0.3) is 0 Å². The number of nitrogens with zero attached hydrogens (tertiary/aromatic N) is 2. The lowest BCUT2D eigenvalue weighted by atomic mass is 9.93. The minimum Gasteiger partial charge on any atom is -0.444 e. The van der Waals surface area contributed by atoms with Gasteiger partial charge < -0.3 is 35.8 Å². The molecule has 6 N–H and O–H groups in total. The molecule has 0 aromatic heterocycles. The number of hydrogen-bond acceptors (Lipinski definition) is 9. The molecule has 352 valence electrons. The van der Waals surface area contributed by atoms with Crippen LogP contribution in [0.4, 0.5) is 9.59 Å². The van der Waals surface area contributed by atoms with Crippen molar-refractivity contribution in [3.63, 3.8) is 0 Å². The Labute approximate surface area is 370 Å². The molecule has 1 aliphatic heterocycles. The van der Waals surface area contributed by atoms with Crippen LogP contribution in [0.15, 0.2) is 30.3 Å². The van der Waals surface area contributed by atoms with Gasteiger partial charge in [-0.1, -0.05) is 211 Å². The first kappa shape index (κ1) is 54.4. The number of urea groups is 1. The number of carbonyl (C=O) groups excluding carboxylic acids is 3. The summed E-state index contributed by atoms with van der Waals surface area (Å²) in [7, 11) is 0. The van der Waals surface area contributed by atoms with Gasteiger partial charge in [-0.15, -0.1) is 0 Å². The number of ether oxygens (including phenoxy) is 2. The third kappa shape index (κ3) is 22.9.